The zero-order valence-electron chi connectivity index (χ0n) is 14.1. The van der Waals surface area contributed by atoms with Gasteiger partial charge in [-0.3, -0.25) is 0 Å². The van der Waals surface area contributed by atoms with Gasteiger partial charge < -0.3 is 15.3 Å². The van der Waals surface area contributed by atoms with E-state index in [1.54, 1.807) is 0 Å². The summed E-state index contributed by atoms with van der Waals surface area (Å²) in [5.41, 5.74) is -0.0897. The molecule has 1 fully saturated rings. The van der Waals surface area contributed by atoms with E-state index >= 15 is 0 Å². The molecule has 1 saturated carbocycles. The van der Waals surface area contributed by atoms with E-state index in [1.807, 2.05) is 0 Å². The summed E-state index contributed by atoms with van der Waals surface area (Å²) in [5.74, 6) is 0.935. The zero-order chi connectivity index (χ0) is 15.0. The van der Waals surface area contributed by atoms with Crippen molar-refractivity contribution < 1.29 is 5.11 Å². The quantitative estimate of drug-likeness (QED) is 0.639. The lowest BCUT2D eigenvalue weighted by molar-refractivity contribution is 0.152. The third kappa shape index (κ3) is 6.11. The van der Waals surface area contributed by atoms with Crippen molar-refractivity contribution in [2.45, 2.75) is 77.3 Å². The fraction of sp³-hybridized carbons (Fsp3) is 1.00. The Morgan fingerprint density at radius 3 is 2.40 bits per heavy atom. The van der Waals surface area contributed by atoms with E-state index in [4.69, 9.17) is 0 Å². The molecule has 0 aromatic heterocycles. The molecule has 0 aromatic rings. The van der Waals surface area contributed by atoms with E-state index in [2.05, 4.69) is 38.0 Å². The number of hydrogen-bond donors (Lipinski definition) is 2. The van der Waals surface area contributed by atoms with E-state index in [1.165, 1.54) is 45.1 Å². The lowest BCUT2D eigenvalue weighted by Gasteiger charge is -2.34. The molecular weight excluding hydrogens is 248 g/mol. The lowest BCUT2D eigenvalue weighted by atomic mass is 9.86. The first kappa shape index (κ1) is 17.9. The summed E-state index contributed by atoms with van der Waals surface area (Å²) in [6, 6.07) is 0.809. The van der Waals surface area contributed by atoms with Gasteiger partial charge in [0.2, 0.25) is 0 Å². The molecule has 0 aromatic carbocycles. The van der Waals surface area contributed by atoms with Crippen molar-refractivity contribution in [3.63, 3.8) is 0 Å². The number of unbranched alkanes of at least 4 members (excludes halogenated alkanes) is 1. The first-order chi connectivity index (χ1) is 9.50. The maximum absolute atomic E-state index is 9.48. The van der Waals surface area contributed by atoms with Crippen LogP contribution in [-0.2, 0) is 0 Å². The summed E-state index contributed by atoms with van der Waals surface area (Å²) in [4.78, 5) is 2.56. The molecule has 3 heteroatoms. The molecule has 0 saturated heterocycles. The van der Waals surface area contributed by atoms with E-state index in [0.29, 0.717) is 0 Å². The predicted molar refractivity (Wildman–Crippen MR) is 87.1 cm³/mol. The highest BCUT2D eigenvalue weighted by atomic mass is 16.3. The van der Waals surface area contributed by atoms with Crippen LogP contribution in [0.3, 0.4) is 0 Å². The summed E-state index contributed by atoms with van der Waals surface area (Å²) in [5, 5.41) is 12.9. The summed E-state index contributed by atoms with van der Waals surface area (Å²) in [7, 11) is 2.29. The van der Waals surface area contributed by atoms with Gasteiger partial charge in [0, 0.05) is 11.6 Å². The van der Waals surface area contributed by atoms with Crippen molar-refractivity contribution in [3.05, 3.63) is 0 Å². The number of nitrogens with zero attached hydrogens (tertiary/aromatic N) is 1. The van der Waals surface area contributed by atoms with Gasteiger partial charge in [-0.15, -0.1) is 0 Å². The van der Waals surface area contributed by atoms with Crippen molar-refractivity contribution in [1.29, 1.82) is 0 Å². The van der Waals surface area contributed by atoms with Crippen LogP contribution in [0.1, 0.15) is 65.7 Å². The molecule has 20 heavy (non-hydrogen) atoms. The zero-order valence-corrected chi connectivity index (χ0v) is 14.1. The van der Waals surface area contributed by atoms with Crippen molar-refractivity contribution in [2.24, 2.45) is 5.92 Å². The number of hydrogen-bond acceptors (Lipinski definition) is 3. The monoisotopic (exact) mass is 284 g/mol. The molecule has 1 aliphatic rings. The first-order valence-electron chi connectivity index (χ1n) is 8.57. The highest BCUT2D eigenvalue weighted by Crippen LogP contribution is 2.26. The number of nitrogens with one attached hydrogen (secondary N) is 1. The third-order valence-corrected chi connectivity index (χ3v) is 5.05. The van der Waals surface area contributed by atoms with E-state index in [9.17, 15) is 5.11 Å². The Kier molecular flexibility index (Phi) is 8.08. The summed E-state index contributed by atoms with van der Waals surface area (Å²) in [6.07, 6.45) is 9.05. The molecule has 120 valence electrons. The van der Waals surface area contributed by atoms with Crippen LogP contribution < -0.4 is 5.32 Å². The van der Waals surface area contributed by atoms with Crippen LogP contribution in [-0.4, -0.2) is 48.3 Å². The molecule has 0 radical (unpaired) electrons. The highest BCUT2D eigenvalue weighted by molar-refractivity contribution is 4.82. The summed E-state index contributed by atoms with van der Waals surface area (Å²) >= 11 is 0. The number of aliphatic hydroxyl groups excluding tert-OH is 1. The Morgan fingerprint density at radius 2 is 1.85 bits per heavy atom. The van der Waals surface area contributed by atoms with Crippen LogP contribution in [0, 0.1) is 5.92 Å². The SMILES string of the molecule is CCNC(C)(CO)CCCCN(C)C1CCC(C)CC1. The average Bonchev–Trinajstić information content (AvgIpc) is 2.44. The van der Waals surface area contributed by atoms with Crippen molar-refractivity contribution >= 4 is 0 Å². The molecule has 0 amide bonds. The van der Waals surface area contributed by atoms with Crippen LogP contribution >= 0.6 is 0 Å². The normalized spacial score (nSPS) is 26.7. The van der Waals surface area contributed by atoms with Crippen molar-refractivity contribution in [1.82, 2.24) is 10.2 Å². The molecule has 1 aliphatic carbocycles. The fourth-order valence-corrected chi connectivity index (χ4v) is 3.39. The summed E-state index contributed by atoms with van der Waals surface area (Å²) in [6.45, 7) is 8.97. The molecule has 1 atom stereocenters. The second kappa shape index (κ2) is 9.01. The predicted octanol–water partition coefficient (Wildman–Crippen LogP) is 3.03. The lowest BCUT2D eigenvalue weighted by Crippen LogP contribution is -2.45. The van der Waals surface area contributed by atoms with Gasteiger partial charge in [-0.25, -0.2) is 0 Å². The summed E-state index contributed by atoms with van der Waals surface area (Å²) < 4.78 is 0. The van der Waals surface area contributed by atoms with Gasteiger partial charge >= 0.3 is 0 Å². The number of aliphatic hydroxyl groups is 1. The molecule has 0 spiro atoms. The molecule has 1 rings (SSSR count). The smallest absolute Gasteiger partial charge is 0.0610 e. The molecular formula is C17H36N2O. The van der Waals surface area contributed by atoms with Gasteiger partial charge in [-0.05, 0) is 71.5 Å². The van der Waals surface area contributed by atoms with Crippen LogP contribution in [0.4, 0.5) is 0 Å². The standard InChI is InChI=1S/C17H36N2O/c1-5-18-17(3,14-20)12-6-7-13-19(4)16-10-8-15(2)9-11-16/h15-16,18,20H,5-14H2,1-4H3. The third-order valence-electron chi connectivity index (χ3n) is 5.05. The fourth-order valence-electron chi connectivity index (χ4n) is 3.39. The van der Waals surface area contributed by atoms with Gasteiger partial charge in [0.1, 0.15) is 0 Å². The van der Waals surface area contributed by atoms with Gasteiger partial charge in [-0.2, -0.15) is 0 Å². The van der Waals surface area contributed by atoms with Crippen LogP contribution in [0.25, 0.3) is 0 Å². The Labute approximate surface area is 126 Å². The Balaban J connectivity index is 2.17. The van der Waals surface area contributed by atoms with Crippen LogP contribution in [0.15, 0.2) is 0 Å². The first-order valence-corrected chi connectivity index (χ1v) is 8.57. The van der Waals surface area contributed by atoms with Gasteiger partial charge in [0.25, 0.3) is 0 Å². The Bertz CT molecular complexity index is 251. The minimum Gasteiger partial charge on any atom is -0.394 e. The Hall–Kier alpha value is -0.120. The molecule has 1 unspecified atom stereocenters. The van der Waals surface area contributed by atoms with Crippen molar-refractivity contribution in [3.8, 4) is 0 Å². The minimum atomic E-state index is -0.0897. The van der Waals surface area contributed by atoms with E-state index in [-0.39, 0.29) is 12.1 Å². The second-order valence-electron chi connectivity index (χ2n) is 7.10. The second-order valence-corrected chi connectivity index (χ2v) is 7.10. The van der Waals surface area contributed by atoms with Crippen LogP contribution in [0.2, 0.25) is 0 Å². The van der Waals surface area contributed by atoms with E-state index < -0.39 is 0 Å². The maximum Gasteiger partial charge on any atom is 0.0610 e. The van der Waals surface area contributed by atoms with E-state index in [0.717, 1.165) is 24.9 Å². The molecule has 3 nitrogen and oxygen atoms in total. The number of rotatable bonds is 9. The topological polar surface area (TPSA) is 35.5 Å². The van der Waals surface area contributed by atoms with Gasteiger partial charge in [-0.1, -0.05) is 20.3 Å². The maximum atomic E-state index is 9.48. The molecule has 0 aliphatic heterocycles. The van der Waals surface area contributed by atoms with Crippen LogP contribution in [0.5, 0.6) is 0 Å². The minimum absolute atomic E-state index is 0.0897. The molecule has 2 N–H and O–H groups in total. The van der Waals surface area contributed by atoms with Gasteiger partial charge in [0.05, 0.1) is 6.61 Å². The highest BCUT2D eigenvalue weighted by Gasteiger charge is 2.23. The van der Waals surface area contributed by atoms with Gasteiger partial charge in [0.15, 0.2) is 0 Å². The molecule has 0 heterocycles. The number of likely N-dealkylation sites (N-methyl/N-ethyl adjacent to an activating group) is 1. The average molecular weight is 284 g/mol. The largest absolute Gasteiger partial charge is 0.394 e. The van der Waals surface area contributed by atoms with Crippen molar-refractivity contribution in [2.75, 3.05) is 26.7 Å². The Morgan fingerprint density at radius 1 is 1.20 bits per heavy atom. The molecule has 0 bridgehead atoms.